The number of hydrogen-bond acceptors (Lipinski definition) is 6. The lowest BCUT2D eigenvalue weighted by Crippen LogP contribution is -2.41. The number of carbonyl (C=O) groups is 1. The Hall–Kier alpha value is -3.16. The summed E-state index contributed by atoms with van der Waals surface area (Å²) in [5, 5.41) is 6.83. The maximum atomic E-state index is 12.8. The van der Waals surface area contributed by atoms with Crippen molar-refractivity contribution in [2.24, 2.45) is 0 Å². The van der Waals surface area contributed by atoms with Gasteiger partial charge in [0.2, 0.25) is 11.7 Å². The fourth-order valence-electron chi connectivity index (χ4n) is 3.32. The van der Waals surface area contributed by atoms with Gasteiger partial charge in [0, 0.05) is 24.5 Å². The maximum absolute atomic E-state index is 12.8. The molecule has 2 amide bonds. The Morgan fingerprint density at radius 3 is 3.04 bits per heavy atom. The summed E-state index contributed by atoms with van der Waals surface area (Å²) < 4.78 is 10.8. The highest BCUT2D eigenvalue weighted by Crippen LogP contribution is 2.30. The van der Waals surface area contributed by atoms with Crippen molar-refractivity contribution in [2.75, 3.05) is 6.54 Å². The number of urea groups is 1. The molecule has 3 aromatic heterocycles. The first kappa shape index (κ1) is 17.3. The summed E-state index contributed by atoms with van der Waals surface area (Å²) in [6, 6.07) is 7.24. The van der Waals surface area contributed by atoms with Crippen molar-refractivity contribution in [3.05, 3.63) is 54.6 Å². The summed E-state index contributed by atoms with van der Waals surface area (Å²) >= 11 is 0. The zero-order chi connectivity index (χ0) is 18.5. The van der Waals surface area contributed by atoms with Crippen LogP contribution < -0.4 is 5.32 Å². The molecular weight excluding hydrogens is 346 g/mol. The highest BCUT2D eigenvalue weighted by atomic mass is 16.5. The molecule has 0 spiro atoms. The summed E-state index contributed by atoms with van der Waals surface area (Å²) in [6.45, 7) is 0.870. The van der Waals surface area contributed by atoms with Crippen molar-refractivity contribution in [3.63, 3.8) is 0 Å². The Balaban J connectivity index is 1.41. The van der Waals surface area contributed by atoms with Gasteiger partial charge in [-0.25, -0.2) is 4.79 Å². The van der Waals surface area contributed by atoms with E-state index in [1.165, 1.54) is 0 Å². The number of rotatable bonds is 4. The van der Waals surface area contributed by atoms with Crippen LogP contribution in [0.5, 0.6) is 0 Å². The molecule has 4 heterocycles. The minimum Gasteiger partial charge on any atom is -0.467 e. The largest absolute Gasteiger partial charge is 0.467 e. The van der Waals surface area contributed by atoms with Gasteiger partial charge in [-0.1, -0.05) is 18.0 Å². The summed E-state index contributed by atoms with van der Waals surface area (Å²) in [5.41, 5.74) is 0.768. The van der Waals surface area contributed by atoms with Gasteiger partial charge in [-0.05, 0) is 37.1 Å². The molecular formula is C19H21N5O3. The number of nitrogens with one attached hydrogen (secondary N) is 1. The van der Waals surface area contributed by atoms with E-state index >= 15 is 0 Å². The number of pyridine rings is 1. The number of aromatic nitrogens is 3. The first-order valence-electron chi connectivity index (χ1n) is 9.12. The summed E-state index contributed by atoms with van der Waals surface area (Å²) in [5.74, 6) is 1.63. The van der Waals surface area contributed by atoms with Crippen LogP contribution in [0.25, 0.3) is 11.4 Å². The molecule has 8 heteroatoms. The summed E-state index contributed by atoms with van der Waals surface area (Å²) in [6.07, 6.45) is 9.06. The third kappa shape index (κ3) is 3.99. The quantitative estimate of drug-likeness (QED) is 0.757. The highest BCUT2D eigenvalue weighted by Gasteiger charge is 2.28. The van der Waals surface area contributed by atoms with Crippen LogP contribution >= 0.6 is 0 Å². The monoisotopic (exact) mass is 367 g/mol. The number of furan rings is 1. The van der Waals surface area contributed by atoms with Crippen LogP contribution in [0.4, 0.5) is 4.79 Å². The third-order valence-corrected chi connectivity index (χ3v) is 4.66. The molecule has 140 valence electrons. The van der Waals surface area contributed by atoms with Crippen LogP contribution in [0.15, 0.2) is 51.9 Å². The Bertz CT molecular complexity index is 863. The minimum atomic E-state index is -0.153. The molecule has 1 aliphatic heterocycles. The molecule has 27 heavy (non-hydrogen) atoms. The van der Waals surface area contributed by atoms with Gasteiger partial charge in [-0.15, -0.1) is 0 Å². The number of likely N-dealkylation sites (tertiary alicyclic amines) is 1. The van der Waals surface area contributed by atoms with Gasteiger partial charge < -0.3 is 19.2 Å². The molecule has 1 aliphatic rings. The van der Waals surface area contributed by atoms with E-state index in [9.17, 15) is 4.79 Å². The highest BCUT2D eigenvalue weighted by molar-refractivity contribution is 5.74. The van der Waals surface area contributed by atoms with Gasteiger partial charge in [0.05, 0.1) is 18.8 Å². The third-order valence-electron chi connectivity index (χ3n) is 4.66. The van der Waals surface area contributed by atoms with E-state index in [2.05, 4.69) is 20.4 Å². The summed E-state index contributed by atoms with van der Waals surface area (Å²) in [4.78, 5) is 23.0. The van der Waals surface area contributed by atoms with E-state index in [1.54, 1.807) is 24.7 Å². The van der Waals surface area contributed by atoms with Gasteiger partial charge in [-0.3, -0.25) is 4.98 Å². The topological polar surface area (TPSA) is 97.3 Å². The smallest absolute Gasteiger partial charge is 0.318 e. The zero-order valence-corrected chi connectivity index (χ0v) is 14.9. The van der Waals surface area contributed by atoms with Crippen molar-refractivity contribution in [1.29, 1.82) is 0 Å². The minimum absolute atomic E-state index is 0.0452. The molecule has 4 rings (SSSR count). The number of amides is 2. The second-order valence-electron chi connectivity index (χ2n) is 6.49. The molecule has 3 aromatic rings. The van der Waals surface area contributed by atoms with Crippen LogP contribution in [-0.4, -0.2) is 32.6 Å². The normalized spacial score (nSPS) is 17.5. The first-order valence-corrected chi connectivity index (χ1v) is 9.12. The average molecular weight is 367 g/mol. The Kier molecular flexibility index (Phi) is 5.13. The zero-order valence-electron chi connectivity index (χ0n) is 14.9. The van der Waals surface area contributed by atoms with Crippen LogP contribution in [0.3, 0.4) is 0 Å². The van der Waals surface area contributed by atoms with Gasteiger partial charge in [0.15, 0.2) is 0 Å². The van der Waals surface area contributed by atoms with Crippen molar-refractivity contribution in [2.45, 2.75) is 38.3 Å². The molecule has 0 radical (unpaired) electrons. The van der Waals surface area contributed by atoms with Crippen molar-refractivity contribution < 1.29 is 13.7 Å². The van der Waals surface area contributed by atoms with E-state index in [1.807, 2.05) is 23.1 Å². The molecule has 1 unspecified atom stereocenters. The summed E-state index contributed by atoms with van der Waals surface area (Å²) in [7, 11) is 0. The number of hydrogen-bond donors (Lipinski definition) is 1. The van der Waals surface area contributed by atoms with E-state index in [4.69, 9.17) is 8.94 Å². The van der Waals surface area contributed by atoms with E-state index in [0.717, 1.165) is 37.0 Å². The first-order chi connectivity index (χ1) is 13.3. The lowest BCUT2D eigenvalue weighted by atomic mass is 10.1. The predicted octanol–water partition coefficient (Wildman–Crippen LogP) is 3.55. The molecule has 0 saturated carbocycles. The molecule has 1 atom stereocenters. The molecule has 1 saturated heterocycles. The van der Waals surface area contributed by atoms with Gasteiger partial charge in [0.1, 0.15) is 5.76 Å². The Morgan fingerprint density at radius 1 is 1.26 bits per heavy atom. The van der Waals surface area contributed by atoms with Gasteiger partial charge in [0.25, 0.3) is 0 Å². The van der Waals surface area contributed by atoms with Gasteiger partial charge >= 0.3 is 6.03 Å². The van der Waals surface area contributed by atoms with Crippen LogP contribution in [0.2, 0.25) is 0 Å². The number of nitrogens with zero attached hydrogens (tertiary/aromatic N) is 4. The molecule has 0 aromatic carbocycles. The Morgan fingerprint density at radius 2 is 2.22 bits per heavy atom. The molecule has 1 N–H and O–H groups in total. The molecule has 8 nitrogen and oxygen atoms in total. The van der Waals surface area contributed by atoms with Crippen molar-refractivity contribution >= 4 is 6.03 Å². The predicted molar refractivity (Wildman–Crippen MR) is 96.4 cm³/mol. The second kappa shape index (κ2) is 8.03. The second-order valence-corrected chi connectivity index (χ2v) is 6.49. The standard InChI is InChI=1S/C19H21N5O3/c25-19(24-10-3-1-2-7-15(24)16-8-5-11-26-16)21-13-17-22-18(23-27-17)14-6-4-9-20-12-14/h4-6,8-9,11-12,15H,1-3,7,10,13H2,(H,21,25). The van der Waals surface area contributed by atoms with E-state index in [-0.39, 0.29) is 18.6 Å². The van der Waals surface area contributed by atoms with E-state index in [0.29, 0.717) is 18.3 Å². The lowest BCUT2D eigenvalue weighted by molar-refractivity contribution is 0.164. The van der Waals surface area contributed by atoms with Crippen LogP contribution in [0.1, 0.15) is 43.4 Å². The average Bonchev–Trinajstić information content (AvgIpc) is 3.35. The van der Waals surface area contributed by atoms with E-state index < -0.39 is 0 Å². The molecule has 0 aliphatic carbocycles. The maximum Gasteiger partial charge on any atom is 0.318 e. The SMILES string of the molecule is O=C(NCc1nc(-c2cccnc2)no1)N1CCCCCC1c1ccco1. The molecule has 0 bridgehead atoms. The fourth-order valence-corrected chi connectivity index (χ4v) is 3.32. The Labute approximate surface area is 156 Å². The molecule has 1 fully saturated rings. The van der Waals surface area contributed by atoms with Crippen molar-refractivity contribution in [1.82, 2.24) is 25.3 Å². The number of carbonyl (C=O) groups excluding carboxylic acids is 1. The lowest BCUT2D eigenvalue weighted by Gasteiger charge is -2.28. The van der Waals surface area contributed by atoms with Crippen LogP contribution in [-0.2, 0) is 6.54 Å². The van der Waals surface area contributed by atoms with Gasteiger partial charge in [-0.2, -0.15) is 4.98 Å². The van der Waals surface area contributed by atoms with Crippen molar-refractivity contribution in [3.8, 4) is 11.4 Å². The fraction of sp³-hybridized carbons (Fsp3) is 0.368. The van der Waals surface area contributed by atoms with Crippen LogP contribution in [0, 0.1) is 0 Å².